The van der Waals surface area contributed by atoms with Gasteiger partial charge in [-0.1, -0.05) is 112 Å². The van der Waals surface area contributed by atoms with Gasteiger partial charge in [0.2, 0.25) is 0 Å². The highest BCUT2D eigenvalue weighted by atomic mass is 15.0. The second kappa shape index (κ2) is 11.4. The maximum absolute atomic E-state index is 4.37. The molecule has 51 heavy (non-hydrogen) atoms. The van der Waals surface area contributed by atoms with Crippen molar-refractivity contribution in [1.29, 1.82) is 0 Å². The van der Waals surface area contributed by atoms with E-state index in [1.165, 1.54) is 94.3 Å². The summed E-state index contributed by atoms with van der Waals surface area (Å²) in [6, 6.07) is 47.8. The van der Waals surface area contributed by atoms with Gasteiger partial charge in [0.25, 0.3) is 0 Å². The van der Waals surface area contributed by atoms with Crippen molar-refractivity contribution in [1.82, 2.24) is 9.55 Å². The van der Waals surface area contributed by atoms with Crippen molar-refractivity contribution in [3.8, 4) is 50.2 Å². The van der Waals surface area contributed by atoms with E-state index in [0.717, 1.165) is 31.2 Å². The Labute approximate surface area is 300 Å². The molecule has 2 aliphatic carbocycles. The summed E-state index contributed by atoms with van der Waals surface area (Å²) in [4.78, 5) is 4.37. The van der Waals surface area contributed by atoms with Gasteiger partial charge in [-0.25, -0.2) is 0 Å². The van der Waals surface area contributed by atoms with Crippen LogP contribution in [0, 0.1) is 0 Å². The lowest BCUT2D eigenvalue weighted by molar-refractivity contribution is 0.587. The highest BCUT2D eigenvalue weighted by molar-refractivity contribution is 6.09. The van der Waals surface area contributed by atoms with Crippen LogP contribution in [-0.2, 0) is 31.1 Å². The van der Waals surface area contributed by atoms with Crippen LogP contribution in [-0.4, -0.2) is 9.55 Å². The molecule has 2 aliphatic rings. The lowest BCUT2D eigenvalue weighted by Gasteiger charge is -2.34. The van der Waals surface area contributed by atoms with E-state index >= 15 is 0 Å². The third-order valence-corrected chi connectivity index (χ3v) is 11.4. The topological polar surface area (TPSA) is 17.8 Å². The number of aryl methyl sites for hydroxylation is 2. The third-order valence-electron chi connectivity index (χ3n) is 11.4. The lowest BCUT2D eigenvalue weighted by atomic mass is 9.69. The van der Waals surface area contributed by atoms with Crippen LogP contribution >= 0.6 is 0 Å². The Morgan fingerprint density at radius 1 is 0.510 bits per heavy atom. The molecule has 0 spiro atoms. The predicted molar refractivity (Wildman–Crippen MR) is 214 cm³/mol. The van der Waals surface area contributed by atoms with Gasteiger partial charge in [-0.15, -0.1) is 0 Å². The first kappa shape index (κ1) is 30.1. The Hall–Kier alpha value is -5.73. The highest BCUT2D eigenvalue weighted by Gasteiger charge is 2.32. The molecule has 0 saturated heterocycles. The largest absolute Gasteiger partial charge is 0.309 e. The van der Waals surface area contributed by atoms with Gasteiger partial charge in [0.15, 0.2) is 0 Å². The van der Waals surface area contributed by atoms with E-state index in [4.69, 9.17) is 0 Å². The molecule has 0 saturated carbocycles. The van der Waals surface area contributed by atoms with Crippen molar-refractivity contribution >= 4 is 21.8 Å². The van der Waals surface area contributed by atoms with Crippen molar-refractivity contribution in [3.05, 3.63) is 168 Å². The zero-order valence-electron chi connectivity index (χ0n) is 29.5. The number of pyridine rings is 1. The van der Waals surface area contributed by atoms with Gasteiger partial charge in [-0.05, 0) is 140 Å². The quantitative estimate of drug-likeness (QED) is 0.184. The molecule has 8 aromatic rings. The average Bonchev–Trinajstić information content (AvgIpc) is 3.51. The molecule has 0 amide bonds. The van der Waals surface area contributed by atoms with E-state index in [0.29, 0.717) is 0 Å². The van der Waals surface area contributed by atoms with Crippen LogP contribution in [0.4, 0.5) is 0 Å². The van der Waals surface area contributed by atoms with Gasteiger partial charge in [-0.2, -0.15) is 0 Å². The Balaban J connectivity index is 1.20. The standard InChI is InChI=1S/C49H40N2/c1-49(2,3)37-26-34-21-23-41-43(32-19-17-31(18-20-32)36-11-9-25-50-30-36)29-44(42-24-22-35(27-37)47(34)48(41)42)33-10-8-12-38(28-33)51-45-15-6-4-13-39(45)40-14-5-7-16-46(40)51/h4-20,25-30H,21-24H2,1-3H3. The fraction of sp³-hybridized carbons (Fsp3) is 0.163. The van der Waals surface area contributed by atoms with Gasteiger partial charge < -0.3 is 4.57 Å². The molecule has 0 bridgehead atoms. The van der Waals surface area contributed by atoms with Crippen molar-refractivity contribution in [2.75, 3.05) is 0 Å². The molecule has 0 fully saturated rings. The molecule has 0 N–H and O–H groups in total. The molecule has 0 aliphatic heterocycles. The lowest BCUT2D eigenvalue weighted by Crippen LogP contribution is -2.19. The fourth-order valence-corrected chi connectivity index (χ4v) is 8.93. The molecular weight excluding hydrogens is 617 g/mol. The first-order valence-corrected chi connectivity index (χ1v) is 18.4. The van der Waals surface area contributed by atoms with E-state index in [2.05, 4.69) is 152 Å². The SMILES string of the molecule is CC(C)(C)c1cc2c3c(c1)CCc1c(-c4cccc(-n5c6ccccc6c6ccccc65)c4)cc(-c4ccc(-c5cccnc5)cc4)c(c1-3)CC2. The van der Waals surface area contributed by atoms with Crippen molar-refractivity contribution in [3.63, 3.8) is 0 Å². The van der Waals surface area contributed by atoms with Crippen LogP contribution in [0.5, 0.6) is 0 Å². The van der Waals surface area contributed by atoms with Crippen LogP contribution in [0.2, 0.25) is 0 Å². The number of hydrogen-bond donors (Lipinski definition) is 0. The number of para-hydroxylation sites is 2. The normalized spacial score (nSPS) is 13.5. The molecule has 0 atom stereocenters. The molecule has 246 valence electrons. The first-order chi connectivity index (χ1) is 24.9. The Kier molecular flexibility index (Phi) is 6.73. The van der Waals surface area contributed by atoms with Crippen LogP contribution in [0.1, 0.15) is 48.6 Å². The summed E-state index contributed by atoms with van der Waals surface area (Å²) in [6.07, 6.45) is 8.06. The van der Waals surface area contributed by atoms with Crippen molar-refractivity contribution in [2.45, 2.75) is 51.9 Å². The van der Waals surface area contributed by atoms with Gasteiger partial charge in [0.1, 0.15) is 0 Å². The molecule has 0 unspecified atom stereocenters. The molecule has 0 radical (unpaired) electrons. The Morgan fingerprint density at radius 2 is 1.12 bits per heavy atom. The van der Waals surface area contributed by atoms with Crippen LogP contribution in [0.15, 0.2) is 140 Å². The number of rotatable bonds is 4. The smallest absolute Gasteiger partial charge is 0.0541 e. The van der Waals surface area contributed by atoms with Crippen LogP contribution in [0.3, 0.4) is 0 Å². The summed E-state index contributed by atoms with van der Waals surface area (Å²) in [6.45, 7) is 7.05. The number of nitrogens with zero attached hydrogens (tertiary/aromatic N) is 2. The molecule has 2 heteroatoms. The molecule has 10 rings (SSSR count). The Morgan fingerprint density at radius 3 is 1.75 bits per heavy atom. The van der Waals surface area contributed by atoms with Crippen LogP contribution < -0.4 is 0 Å². The van der Waals surface area contributed by atoms with E-state index in [9.17, 15) is 0 Å². The summed E-state index contributed by atoms with van der Waals surface area (Å²) < 4.78 is 2.44. The summed E-state index contributed by atoms with van der Waals surface area (Å²) >= 11 is 0. The van der Waals surface area contributed by atoms with E-state index < -0.39 is 0 Å². The zero-order chi connectivity index (χ0) is 34.3. The van der Waals surface area contributed by atoms with Gasteiger partial charge in [0, 0.05) is 28.9 Å². The van der Waals surface area contributed by atoms with E-state index in [1.54, 1.807) is 0 Å². The monoisotopic (exact) mass is 656 g/mol. The number of hydrogen-bond acceptors (Lipinski definition) is 1. The van der Waals surface area contributed by atoms with Crippen molar-refractivity contribution in [2.24, 2.45) is 0 Å². The number of aromatic nitrogens is 2. The summed E-state index contributed by atoms with van der Waals surface area (Å²) in [5, 5.41) is 2.58. The number of benzene rings is 6. The maximum Gasteiger partial charge on any atom is 0.0541 e. The van der Waals surface area contributed by atoms with Gasteiger partial charge in [-0.3, -0.25) is 4.98 Å². The summed E-state index contributed by atoms with van der Waals surface area (Å²) in [7, 11) is 0. The molecule has 2 nitrogen and oxygen atoms in total. The van der Waals surface area contributed by atoms with Gasteiger partial charge >= 0.3 is 0 Å². The third kappa shape index (κ3) is 4.81. The molecule has 2 heterocycles. The minimum absolute atomic E-state index is 0.127. The Bertz CT molecular complexity index is 2580. The van der Waals surface area contributed by atoms with E-state index in [1.807, 2.05) is 18.5 Å². The average molecular weight is 657 g/mol. The summed E-state index contributed by atoms with van der Waals surface area (Å²) in [5.74, 6) is 0. The number of fused-ring (bicyclic) bond motifs is 3. The second-order valence-corrected chi connectivity index (χ2v) is 15.5. The summed E-state index contributed by atoms with van der Waals surface area (Å²) in [5.41, 5.74) is 22.0. The maximum atomic E-state index is 4.37. The highest BCUT2D eigenvalue weighted by Crippen LogP contribution is 2.50. The first-order valence-electron chi connectivity index (χ1n) is 18.4. The predicted octanol–water partition coefficient (Wildman–Crippen LogP) is 12.3. The minimum Gasteiger partial charge on any atom is -0.309 e. The minimum atomic E-state index is 0.127. The fourth-order valence-electron chi connectivity index (χ4n) is 8.93. The molecule has 6 aromatic carbocycles. The molecule has 2 aromatic heterocycles. The van der Waals surface area contributed by atoms with Crippen molar-refractivity contribution < 1.29 is 0 Å². The second-order valence-electron chi connectivity index (χ2n) is 15.5. The zero-order valence-corrected chi connectivity index (χ0v) is 29.5. The van der Waals surface area contributed by atoms with Crippen LogP contribution in [0.25, 0.3) is 72.0 Å². The van der Waals surface area contributed by atoms with E-state index in [-0.39, 0.29) is 5.41 Å². The molecular formula is C49H40N2. The van der Waals surface area contributed by atoms with Gasteiger partial charge in [0.05, 0.1) is 11.0 Å².